The number of hydrogen-bond donors (Lipinski definition) is 0. The molecule has 2 aliphatic heterocycles. The first-order valence-corrected chi connectivity index (χ1v) is 9.01. The molecule has 0 N–H and O–H groups in total. The maximum absolute atomic E-state index is 5.52. The third kappa shape index (κ3) is 4.14. The Labute approximate surface area is 139 Å². The fourth-order valence-electron chi connectivity index (χ4n) is 4.04. The molecule has 3 heterocycles. The van der Waals surface area contributed by atoms with Crippen molar-refractivity contribution in [2.75, 3.05) is 40.0 Å². The Balaban J connectivity index is 1.75. The maximum Gasteiger partial charge on any atom is 0.0558 e. The van der Waals surface area contributed by atoms with E-state index in [1.54, 1.807) is 7.11 Å². The summed E-state index contributed by atoms with van der Waals surface area (Å²) in [5, 5.41) is 4.73. The van der Waals surface area contributed by atoms with Crippen LogP contribution in [-0.4, -0.2) is 54.7 Å². The van der Waals surface area contributed by atoms with Gasteiger partial charge in [0.05, 0.1) is 12.8 Å². The minimum atomic E-state index is 0.435. The molecular weight excluding hydrogens is 290 g/mol. The molecule has 0 aromatic carbocycles. The van der Waals surface area contributed by atoms with Crippen molar-refractivity contribution in [1.82, 2.24) is 14.7 Å². The van der Waals surface area contributed by atoms with Crippen molar-refractivity contribution in [1.29, 1.82) is 0 Å². The second kappa shape index (κ2) is 7.77. The molecule has 1 saturated heterocycles. The topological polar surface area (TPSA) is 39.5 Å². The number of fused-ring (bicyclic) bond motifs is 1. The zero-order chi connectivity index (χ0) is 16.2. The van der Waals surface area contributed by atoms with Crippen LogP contribution in [0.25, 0.3) is 0 Å². The molecule has 0 spiro atoms. The first-order chi connectivity index (χ1) is 11.2. The van der Waals surface area contributed by atoms with Gasteiger partial charge >= 0.3 is 0 Å². The third-order valence-electron chi connectivity index (χ3n) is 4.98. The summed E-state index contributed by atoms with van der Waals surface area (Å²) in [6.07, 6.45) is 4.40. The lowest BCUT2D eigenvalue weighted by atomic mass is 9.95. The van der Waals surface area contributed by atoms with Crippen LogP contribution in [-0.2, 0) is 22.6 Å². The molecule has 0 aliphatic carbocycles. The predicted octanol–water partition coefficient (Wildman–Crippen LogP) is 2.51. The fourth-order valence-corrected chi connectivity index (χ4v) is 4.04. The molecule has 3 rings (SSSR count). The van der Waals surface area contributed by atoms with Crippen molar-refractivity contribution in [3.05, 3.63) is 17.5 Å². The highest BCUT2D eigenvalue weighted by molar-refractivity contribution is 5.25. The molecule has 130 valence electrons. The van der Waals surface area contributed by atoms with E-state index in [4.69, 9.17) is 14.6 Å². The normalized spacial score (nSPS) is 23.4. The number of ether oxygens (including phenoxy) is 2. The molecular formula is C18H31N3O2. The average molecular weight is 321 g/mol. The quantitative estimate of drug-likeness (QED) is 0.807. The summed E-state index contributed by atoms with van der Waals surface area (Å²) in [5.74, 6) is 1.83. The number of hydrogen-bond acceptors (Lipinski definition) is 4. The summed E-state index contributed by atoms with van der Waals surface area (Å²) in [7, 11) is 1.81. The number of aromatic nitrogens is 2. The zero-order valence-corrected chi connectivity index (χ0v) is 14.8. The average Bonchev–Trinajstić information content (AvgIpc) is 2.91. The monoisotopic (exact) mass is 321 g/mol. The van der Waals surface area contributed by atoms with Crippen LogP contribution in [0.3, 0.4) is 0 Å². The standard InChI is InChI=1S/C18H31N3O2/c1-14(2)9-20-11-16-8-19-21(10-15-4-6-23-7-5-15)18(16)17(12-20)13-22-3/h8,14-15,17H,4-7,9-13H2,1-3H3/t17-/m1/s1. The van der Waals surface area contributed by atoms with Crippen molar-refractivity contribution in [2.45, 2.75) is 45.7 Å². The summed E-state index contributed by atoms with van der Waals surface area (Å²) in [5.41, 5.74) is 2.81. The van der Waals surface area contributed by atoms with Crippen molar-refractivity contribution in [3.63, 3.8) is 0 Å². The van der Waals surface area contributed by atoms with Gasteiger partial charge in [-0.2, -0.15) is 5.10 Å². The van der Waals surface area contributed by atoms with Crippen LogP contribution < -0.4 is 0 Å². The summed E-state index contributed by atoms with van der Waals surface area (Å²) >= 11 is 0. The minimum Gasteiger partial charge on any atom is -0.384 e. The largest absolute Gasteiger partial charge is 0.384 e. The van der Waals surface area contributed by atoms with Gasteiger partial charge in [0.15, 0.2) is 0 Å². The Morgan fingerprint density at radius 3 is 2.83 bits per heavy atom. The van der Waals surface area contributed by atoms with E-state index in [2.05, 4.69) is 29.6 Å². The van der Waals surface area contributed by atoms with E-state index in [1.165, 1.54) is 11.3 Å². The van der Waals surface area contributed by atoms with Crippen LogP contribution in [0.2, 0.25) is 0 Å². The summed E-state index contributed by atoms with van der Waals surface area (Å²) in [6, 6.07) is 0. The van der Waals surface area contributed by atoms with Gasteiger partial charge in [-0.1, -0.05) is 13.8 Å². The molecule has 0 unspecified atom stereocenters. The molecule has 1 fully saturated rings. The molecule has 1 aromatic rings. The van der Waals surface area contributed by atoms with Crippen LogP contribution in [0.5, 0.6) is 0 Å². The molecule has 0 bridgehead atoms. The Kier molecular flexibility index (Phi) is 5.72. The number of rotatable bonds is 6. The highest BCUT2D eigenvalue weighted by Crippen LogP contribution is 2.30. The van der Waals surface area contributed by atoms with Crippen LogP contribution in [0.1, 0.15) is 43.9 Å². The van der Waals surface area contributed by atoms with E-state index >= 15 is 0 Å². The van der Waals surface area contributed by atoms with Crippen LogP contribution in [0.4, 0.5) is 0 Å². The van der Waals surface area contributed by atoms with Gasteiger partial charge in [0.1, 0.15) is 0 Å². The first kappa shape index (κ1) is 16.9. The van der Waals surface area contributed by atoms with Crippen LogP contribution in [0, 0.1) is 11.8 Å². The van der Waals surface area contributed by atoms with E-state index < -0.39 is 0 Å². The highest BCUT2D eigenvalue weighted by Gasteiger charge is 2.30. The van der Waals surface area contributed by atoms with E-state index in [0.717, 1.165) is 58.8 Å². The molecule has 0 saturated carbocycles. The summed E-state index contributed by atoms with van der Waals surface area (Å²) < 4.78 is 13.3. The summed E-state index contributed by atoms with van der Waals surface area (Å²) in [4.78, 5) is 2.55. The zero-order valence-electron chi connectivity index (χ0n) is 14.8. The van der Waals surface area contributed by atoms with Gasteiger partial charge in [0, 0.05) is 63.7 Å². The van der Waals surface area contributed by atoms with Crippen molar-refractivity contribution in [3.8, 4) is 0 Å². The summed E-state index contributed by atoms with van der Waals surface area (Å²) in [6.45, 7) is 11.4. The Hall–Kier alpha value is -0.910. The van der Waals surface area contributed by atoms with Gasteiger partial charge in [-0.15, -0.1) is 0 Å². The minimum absolute atomic E-state index is 0.435. The molecule has 1 atom stereocenters. The lowest BCUT2D eigenvalue weighted by Crippen LogP contribution is -2.38. The van der Waals surface area contributed by atoms with Gasteiger partial charge in [0.2, 0.25) is 0 Å². The maximum atomic E-state index is 5.52. The number of methoxy groups -OCH3 is 1. The lowest BCUT2D eigenvalue weighted by Gasteiger charge is -2.34. The van der Waals surface area contributed by atoms with Crippen molar-refractivity contribution >= 4 is 0 Å². The molecule has 5 heteroatoms. The van der Waals surface area contributed by atoms with Crippen molar-refractivity contribution < 1.29 is 9.47 Å². The van der Waals surface area contributed by atoms with E-state index in [0.29, 0.717) is 17.8 Å². The Bertz CT molecular complexity index is 494. The molecule has 0 radical (unpaired) electrons. The van der Waals surface area contributed by atoms with Gasteiger partial charge in [-0.3, -0.25) is 9.58 Å². The van der Waals surface area contributed by atoms with Gasteiger partial charge < -0.3 is 9.47 Å². The Morgan fingerprint density at radius 1 is 1.35 bits per heavy atom. The lowest BCUT2D eigenvalue weighted by molar-refractivity contribution is 0.0590. The fraction of sp³-hybridized carbons (Fsp3) is 0.833. The van der Waals surface area contributed by atoms with Gasteiger partial charge in [0.25, 0.3) is 0 Å². The third-order valence-corrected chi connectivity index (χ3v) is 4.98. The molecule has 1 aromatic heterocycles. The number of nitrogens with zero attached hydrogens (tertiary/aromatic N) is 3. The van der Waals surface area contributed by atoms with E-state index in [1.807, 2.05) is 0 Å². The predicted molar refractivity (Wildman–Crippen MR) is 90.5 cm³/mol. The second-order valence-corrected chi connectivity index (χ2v) is 7.53. The molecule has 5 nitrogen and oxygen atoms in total. The first-order valence-electron chi connectivity index (χ1n) is 9.01. The molecule has 0 amide bonds. The molecule has 23 heavy (non-hydrogen) atoms. The van der Waals surface area contributed by atoms with Crippen LogP contribution >= 0.6 is 0 Å². The van der Waals surface area contributed by atoms with E-state index in [9.17, 15) is 0 Å². The highest BCUT2D eigenvalue weighted by atomic mass is 16.5. The second-order valence-electron chi connectivity index (χ2n) is 7.53. The smallest absolute Gasteiger partial charge is 0.0558 e. The van der Waals surface area contributed by atoms with Crippen molar-refractivity contribution in [2.24, 2.45) is 11.8 Å². The molecule has 2 aliphatic rings. The van der Waals surface area contributed by atoms with Gasteiger partial charge in [-0.25, -0.2) is 0 Å². The Morgan fingerprint density at radius 2 is 2.13 bits per heavy atom. The SMILES string of the molecule is COC[C@H]1CN(CC(C)C)Cc2cnn(CC3CCOCC3)c21. The van der Waals surface area contributed by atoms with Gasteiger partial charge in [-0.05, 0) is 24.7 Å². The van der Waals surface area contributed by atoms with E-state index in [-0.39, 0.29) is 0 Å². The van der Waals surface area contributed by atoms with Crippen LogP contribution in [0.15, 0.2) is 6.20 Å².